The van der Waals surface area contributed by atoms with Gasteiger partial charge < -0.3 is 42.3 Å². The quantitative estimate of drug-likeness (QED) is 0.0341. The fourth-order valence-electron chi connectivity index (χ4n) is 9.83. The second kappa shape index (κ2) is 24.8. The van der Waals surface area contributed by atoms with Gasteiger partial charge in [0, 0.05) is 26.6 Å². The topological polar surface area (TPSA) is 83.1 Å². The number of benzene rings is 5. The number of hydrogen-bond acceptors (Lipinski definition) is 9. The first kappa shape index (κ1) is 51.2. The minimum Gasteiger partial charge on any atom is -0.497 e. The third-order valence-electron chi connectivity index (χ3n) is 13.5. The average molecular weight is 943 g/mol. The van der Waals surface area contributed by atoms with Gasteiger partial charge in [0.2, 0.25) is 0 Å². The number of fused-ring (bicyclic) bond motifs is 1. The van der Waals surface area contributed by atoms with Crippen LogP contribution >= 0.6 is 0 Å². The zero-order chi connectivity index (χ0) is 47.8. The predicted molar refractivity (Wildman–Crippen MR) is 271 cm³/mol. The molecule has 364 valence electrons. The van der Waals surface area contributed by atoms with E-state index in [9.17, 15) is 0 Å². The molecule has 7 rings (SSSR count). The SMILES string of the molecule is COCO[C@H]1CC=C(C[C@H](C)[C@H](CCCO[Si](c2ccccc2)(c2ccccc2)C(C)(C)C)OCc2ccc(OC)cc2)O[C@@H]2C[C@H](OCc3ccccc3)[C@@](C)(COCc3ccccc3)O[C@@H]12. The summed E-state index contributed by atoms with van der Waals surface area (Å²) in [6, 6.07) is 50.3. The molecule has 2 aliphatic rings. The van der Waals surface area contributed by atoms with Crippen LogP contribution in [0, 0.1) is 5.92 Å². The highest BCUT2D eigenvalue weighted by atomic mass is 28.4. The fourth-order valence-corrected chi connectivity index (χ4v) is 14.4. The van der Waals surface area contributed by atoms with Gasteiger partial charge in [0.25, 0.3) is 8.32 Å². The lowest BCUT2D eigenvalue weighted by molar-refractivity contribution is -0.277. The van der Waals surface area contributed by atoms with Crippen molar-refractivity contribution >= 4 is 18.7 Å². The highest BCUT2D eigenvalue weighted by Gasteiger charge is 2.52. The molecule has 0 bridgehead atoms. The van der Waals surface area contributed by atoms with Crippen LogP contribution in [0.2, 0.25) is 5.04 Å². The predicted octanol–water partition coefficient (Wildman–Crippen LogP) is 11.0. The van der Waals surface area contributed by atoms with Gasteiger partial charge in [-0.1, -0.05) is 161 Å². The standard InChI is InChI=1S/C58H74O9Si/c1-44(52(62-40-47-30-32-48(60-7)33-31-47)29-20-36-65-68(57(2,3)4,50-25-16-10-17-26-50)51-27-18-11-19-28-51)37-49-34-35-53(64-43-59-6)56-54(66-49)38-55(63-41-46-23-14-9-15-24-46)58(5,67-56)42-61-39-45-21-12-8-13-22-45/h8-19,21-28,30-34,44,52-56H,20,29,35-43H2,1-7H3/t44-,52-,53-,54+,55-,56-,58+/m0/s1. The molecule has 0 aliphatic carbocycles. The summed E-state index contributed by atoms with van der Waals surface area (Å²) < 4.78 is 59.0. The van der Waals surface area contributed by atoms with Crippen molar-refractivity contribution in [3.8, 4) is 5.75 Å². The molecule has 7 atom stereocenters. The first-order chi connectivity index (χ1) is 33.0. The number of allylic oxidation sites excluding steroid dienone is 1. The highest BCUT2D eigenvalue weighted by Crippen LogP contribution is 2.41. The minimum atomic E-state index is -2.70. The monoisotopic (exact) mass is 943 g/mol. The molecular formula is C58H74O9Si. The molecule has 2 heterocycles. The second-order valence-electron chi connectivity index (χ2n) is 19.6. The Morgan fingerprint density at radius 1 is 0.721 bits per heavy atom. The Labute approximate surface area is 407 Å². The number of ether oxygens (including phenoxy) is 8. The van der Waals surface area contributed by atoms with E-state index in [2.05, 4.69) is 138 Å². The Balaban J connectivity index is 1.09. The van der Waals surface area contributed by atoms with Crippen molar-refractivity contribution in [2.45, 2.75) is 128 Å². The number of rotatable bonds is 24. The van der Waals surface area contributed by atoms with Gasteiger partial charge in [-0.05, 0) is 82.4 Å². The van der Waals surface area contributed by atoms with E-state index < -0.39 is 20.0 Å². The maximum absolute atomic E-state index is 7.35. The Morgan fingerprint density at radius 3 is 1.90 bits per heavy atom. The molecule has 0 unspecified atom stereocenters. The summed E-state index contributed by atoms with van der Waals surface area (Å²) in [5, 5.41) is 2.45. The number of methoxy groups -OCH3 is 2. The molecule has 68 heavy (non-hydrogen) atoms. The molecule has 1 fully saturated rings. The molecule has 0 saturated carbocycles. The summed E-state index contributed by atoms with van der Waals surface area (Å²) in [6.07, 6.45) is 4.27. The lowest BCUT2D eigenvalue weighted by Crippen LogP contribution is -2.66. The van der Waals surface area contributed by atoms with E-state index >= 15 is 0 Å². The first-order valence-corrected chi connectivity index (χ1v) is 26.3. The average Bonchev–Trinajstić information content (AvgIpc) is 3.51. The molecular weight excluding hydrogens is 869 g/mol. The smallest absolute Gasteiger partial charge is 0.261 e. The van der Waals surface area contributed by atoms with Gasteiger partial charge in [-0.25, -0.2) is 0 Å². The van der Waals surface area contributed by atoms with Crippen molar-refractivity contribution in [1.82, 2.24) is 0 Å². The van der Waals surface area contributed by atoms with Gasteiger partial charge in [0.1, 0.15) is 30.4 Å². The molecule has 0 amide bonds. The largest absolute Gasteiger partial charge is 0.497 e. The van der Waals surface area contributed by atoms with Crippen LogP contribution in [0.3, 0.4) is 0 Å². The van der Waals surface area contributed by atoms with Crippen LogP contribution in [0.15, 0.2) is 157 Å². The van der Waals surface area contributed by atoms with Crippen LogP contribution in [-0.2, 0) is 57.4 Å². The van der Waals surface area contributed by atoms with Crippen LogP contribution < -0.4 is 15.1 Å². The van der Waals surface area contributed by atoms with E-state index in [1.54, 1.807) is 14.2 Å². The van der Waals surface area contributed by atoms with E-state index in [0.717, 1.165) is 41.0 Å². The van der Waals surface area contributed by atoms with Gasteiger partial charge >= 0.3 is 0 Å². The number of hydrogen-bond donors (Lipinski definition) is 0. The Morgan fingerprint density at radius 2 is 1.31 bits per heavy atom. The van der Waals surface area contributed by atoms with E-state index in [0.29, 0.717) is 52.3 Å². The normalized spacial score (nSPS) is 21.7. The molecule has 5 aromatic carbocycles. The van der Waals surface area contributed by atoms with Gasteiger partial charge in [-0.2, -0.15) is 0 Å². The molecule has 1 saturated heterocycles. The fraction of sp³-hybridized carbons (Fsp3) is 0.448. The summed E-state index contributed by atoms with van der Waals surface area (Å²) in [5.74, 6) is 1.84. The minimum absolute atomic E-state index is 0.0847. The lowest BCUT2D eigenvalue weighted by atomic mass is 9.86. The zero-order valence-corrected chi connectivity index (χ0v) is 42.4. The Kier molecular flexibility index (Phi) is 18.7. The zero-order valence-electron chi connectivity index (χ0n) is 41.4. The van der Waals surface area contributed by atoms with Crippen molar-refractivity contribution in [3.05, 3.63) is 174 Å². The van der Waals surface area contributed by atoms with Gasteiger partial charge in [-0.15, -0.1) is 0 Å². The van der Waals surface area contributed by atoms with E-state index in [1.807, 2.05) is 48.5 Å². The molecule has 0 N–H and O–H groups in total. The molecule has 0 radical (unpaired) electrons. The van der Waals surface area contributed by atoms with Gasteiger partial charge in [0.05, 0.1) is 57.6 Å². The van der Waals surface area contributed by atoms with Crippen molar-refractivity contribution < 1.29 is 42.3 Å². The van der Waals surface area contributed by atoms with Crippen LogP contribution in [-0.4, -0.2) is 78.7 Å². The van der Waals surface area contributed by atoms with Gasteiger partial charge in [-0.3, -0.25) is 0 Å². The molecule has 10 heteroatoms. The first-order valence-electron chi connectivity index (χ1n) is 24.4. The van der Waals surface area contributed by atoms with Crippen molar-refractivity contribution in [2.75, 3.05) is 34.2 Å². The third kappa shape index (κ3) is 13.4. The molecule has 0 spiro atoms. The maximum Gasteiger partial charge on any atom is 0.261 e. The summed E-state index contributed by atoms with van der Waals surface area (Å²) >= 11 is 0. The molecule has 0 aromatic heterocycles. The highest BCUT2D eigenvalue weighted by molar-refractivity contribution is 6.99. The van der Waals surface area contributed by atoms with Crippen LogP contribution in [0.1, 0.15) is 83.4 Å². The van der Waals surface area contributed by atoms with E-state index in [1.165, 1.54) is 10.4 Å². The van der Waals surface area contributed by atoms with E-state index in [4.69, 9.17) is 42.3 Å². The Hall–Kier alpha value is -4.62. The van der Waals surface area contributed by atoms with Crippen LogP contribution in [0.4, 0.5) is 0 Å². The second-order valence-corrected chi connectivity index (χ2v) is 23.9. The molecule has 2 aliphatic heterocycles. The molecule has 5 aromatic rings. The summed E-state index contributed by atoms with van der Waals surface area (Å²) in [5.41, 5.74) is 2.51. The van der Waals surface area contributed by atoms with Crippen molar-refractivity contribution in [3.63, 3.8) is 0 Å². The van der Waals surface area contributed by atoms with Crippen molar-refractivity contribution in [1.29, 1.82) is 0 Å². The summed E-state index contributed by atoms with van der Waals surface area (Å²) in [6.45, 7) is 13.8. The molecule has 9 nitrogen and oxygen atoms in total. The van der Waals surface area contributed by atoms with Crippen molar-refractivity contribution in [2.24, 2.45) is 5.92 Å². The lowest BCUT2D eigenvalue weighted by Gasteiger charge is -2.48. The summed E-state index contributed by atoms with van der Waals surface area (Å²) in [4.78, 5) is 0. The maximum atomic E-state index is 7.35. The summed E-state index contributed by atoms with van der Waals surface area (Å²) in [7, 11) is 0.638. The van der Waals surface area contributed by atoms with E-state index in [-0.39, 0.29) is 42.2 Å². The van der Waals surface area contributed by atoms with Gasteiger partial charge in [0.15, 0.2) is 0 Å². The third-order valence-corrected chi connectivity index (χ3v) is 18.5. The van der Waals surface area contributed by atoms with Crippen LogP contribution in [0.25, 0.3) is 0 Å². The van der Waals surface area contributed by atoms with Crippen LogP contribution in [0.5, 0.6) is 5.75 Å². The Bertz CT molecular complexity index is 2200.